The second-order valence-electron chi connectivity index (χ2n) is 3.33. The van der Waals surface area contributed by atoms with E-state index in [9.17, 15) is 0 Å². The molecule has 2 aromatic rings. The van der Waals surface area contributed by atoms with Crippen molar-refractivity contribution in [3.05, 3.63) is 60.2 Å². The summed E-state index contributed by atoms with van der Waals surface area (Å²) >= 11 is 2.18. The molecule has 1 nitrogen and oxygen atoms in total. The third kappa shape index (κ3) is 2.58. The summed E-state index contributed by atoms with van der Waals surface area (Å²) < 4.78 is 3.16. The number of halogens is 1. The van der Waals surface area contributed by atoms with Crippen LogP contribution in [0.2, 0.25) is 0 Å². The molecule has 0 amide bonds. The predicted molar refractivity (Wildman–Crippen MR) is 72.7 cm³/mol. The highest BCUT2D eigenvalue weighted by molar-refractivity contribution is 14.1. The van der Waals surface area contributed by atoms with Crippen LogP contribution in [-0.4, -0.2) is 0 Å². The molecule has 0 aliphatic rings. The Hall–Kier alpha value is -0.870. The van der Waals surface area contributed by atoms with Crippen LogP contribution in [0.3, 0.4) is 0 Å². The van der Waals surface area contributed by atoms with E-state index in [1.807, 2.05) is 6.07 Å². The van der Waals surface area contributed by atoms with Gasteiger partial charge in [0.05, 0.1) is 0 Å². The van der Waals surface area contributed by atoms with Crippen LogP contribution < -0.4 is 3.53 Å². The Morgan fingerprint density at radius 3 is 2.27 bits per heavy atom. The van der Waals surface area contributed by atoms with E-state index in [0.29, 0.717) is 0 Å². The van der Waals surface area contributed by atoms with Crippen molar-refractivity contribution in [3.63, 3.8) is 0 Å². The van der Waals surface area contributed by atoms with Crippen molar-refractivity contribution in [1.82, 2.24) is 3.53 Å². The van der Waals surface area contributed by atoms with Crippen LogP contribution in [0.15, 0.2) is 54.6 Å². The van der Waals surface area contributed by atoms with Gasteiger partial charge in [-0.25, -0.2) is 0 Å². The molecule has 0 spiro atoms. The molecule has 0 saturated heterocycles. The lowest BCUT2D eigenvalue weighted by molar-refractivity contribution is 1.02. The summed E-state index contributed by atoms with van der Waals surface area (Å²) in [7, 11) is 0. The molecule has 0 aliphatic carbocycles. The average molecular weight is 309 g/mol. The lowest BCUT2D eigenvalue weighted by Crippen LogP contribution is -1.99. The van der Waals surface area contributed by atoms with E-state index < -0.39 is 0 Å². The van der Waals surface area contributed by atoms with Gasteiger partial charge in [0.25, 0.3) is 0 Å². The molecule has 1 N–H and O–H groups in total. The summed E-state index contributed by atoms with van der Waals surface area (Å²) in [5.74, 6) is 0. The highest BCUT2D eigenvalue weighted by Crippen LogP contribution is 2.23. The first kappa shape index (κ1) is 10.6. The topological polar surface area (TPSA) is 12.0 Å². The second kappa shape index (κ2) is 5.28. The fraction of sp³-hybridized carbons (Fsp3) is 0.0769. The third-order valence-corrected chi connectivity index (χ3v) is 2.74. The zero-order chi connectivity index (χ0) is 10.5. The Kier molecular flexibility index (Phi) is 3.75. The molecule has 2 heteroatoms. The van der Waals surface area contributed by atoms with Gasteiger partial charge in [0.1, 0.15) is 0 Å². The van der Waals surface area contributed by atoms with Crippen molar-refractivity contribution in [2.24, 2.45) is 0 Å². The summed E-state index contributed by atoms with van der Waals surface area (Å²) in [5, 5.41) is 0. The smallest absolute Gasteiger partial charge is 0.0307 e. The zero-order valence-corrected chi connectivity index (χ0v) is 10.4. The number of benzene rings is 2. The van der Waals surface area contributed by atoms with E-state index in [4.69, 9.17) is 0 Å². The fourth-order valence-electron chi connectivity index (χ4n) is 1.65. The summed E-state index contributed by atoms with van der Waals surface area (Å²) in [6, 6.07) is 19.0. The van der Waals surface area contributed by atoms with E-state index in [2.05, 4.69) is 74.9 Å². The van der Waals surface area contributed by atoms with Crippen LogP contribution in [0, 0.1) is 0 Å². The van der Waals surface area contributed by atoms with Gasteiger partial charge in [0.15, 0.2) is 0 Å². The maximum absolute atomic E-state index is 3.16. The molecular weight excluding hydrogens is 297 g/mol. The van der Waals surface area contributed by atoms with Gasteiger partial charge in [-0.3, -0.25) is 3.53 Å². The number of rotatable bonds is 3. The molecule has 2 aromatic carbocycles. The van der Waals surface area contributed by atoms with Crippen LogP contribution >= 0.6 is 22.9 Å². The first-order valence-electron chi connectivity index (χ1n) is 4.88. The van der Waals surface area contributed by atoms with E-state index in [-0.39, 0.29) is 0 Å². The van der Waals surface area contributed by atoms with E-state index in [0.717, 1.165) is 6.54 Å². The Balaban J connectivity index is 2.43. The lowest BCUT2D eigenvalue weighted by Gasteiger charge is -2.08. The van der Waals surface area contributed by atoms with Crippen molar-refractivity contribution in [2.45, 2.75) is 6.54 Å². The molecule has 0 unspecified atom stereocenters. The fourth-order valence-corrected chi connectivity index (χ4v) is 2.06. The van der Waals surface area contributed by atoms with Crippen LogP contribution in [0.1, 0.15) is 5.56 Å². The van der Waals surface area contributed by atoms with Crippen LogP contribution in [0.25, 0.3) is 11.1 Å². The van der Waals surface area contributed by atoms with Gasteiger partial charge in [-0.05, 0) is 16.7 Å². The lowest BCUT2D eigenvalue weighted by atomic mass is 10.00. The first-order valence-corrected chi connectivity index (χ1v) is 5.96. The zero-order valence-electron chi connectivity index (χ0n) is 8.28. The molecule has 15 heavy (non-hydrogen) atoms. The van der Waals surface area contributed by atoms with Crippen LogP contribution in [0.4, 0.5) is 0 Å². The SMILES string of the molecule is INCc1ccccc1-c1ccccc1. The average Bonchev–Trinajstić information content (AvgIpc) is 2.31. The van der Waals surface area contributed by atoms with Crippen molar-refractivity contribution < 1.29 is 0 Å². The van der Waals surface area contributed by atoms with Gasteiger partial charge in [0, 0.05) is 29.4 Å². The standard InChI is InChI=1S/C13H12IN/c14-15-10-12-8-4-5-9-13(12)11-6-2-1-3-7-11/h1-9,15H,10H2. The Labute approximate surface area is 104 Å². The Morgan fingerprint density at radius 1 is 0.867 bits per heavy atom. The largest absolute Gasteiger partial charge is 0.257 e. The summed E-state index contributed by atoms with van der Waals surface area (Å²) in [6.07, 6.45) is 0. The maximum Gasteiger partial charge on any atom is 0.0307 e. The third-order valence-electron chi connectivity index (χ3n) is 2.36. The van der Waals surface area contributed by atoms with Crippen molar-refractivity contribution in [2.75, 3.05) is 0 Å². The summed E-state index contributed by atoms with van der Waals surface area (Å²) in [5.41, 5.74) is 3.92. The first-order chi connectivity index (χ1) is 7.42. The van der Waals surface area contributed by atoms with Crippen LogP contribution in [0.5, 0.6) is 0 Å². The monoisotopic (exact) mass is 309 g/mol. The van der Waals surface area contributed by atoms with Gasteiger partial charge in [-0.15, -0.1) is 0 Å². The van der Waals surface area contributed by atoms with Gasteiger partial charge in [-0.2, -0.15) is 0 Å². The molecular formula is C13H12IN. The minimum Gasteiger partial charge on any atom is -0.257 e. The quantitative estimate of drug-likeness (QED) is 0.672. The van der Waals surface area contributed by atoms with Crippen molar-refractivity contribution in [3.8, 4) is 11.1 Å². The van der Waals surface area contributed by atoms with Gasteiger partial charge >= 0.3 is 0 Å². The van der Waals surface area contributed by atoms with E-state index in [1.54, 1.807) is 0 Å². The van der Waals surface area contributed by atoms with Gasteiger partial charge in [-0.1, -0.05) is 54.6 Å². The molecule has 0 saturated carbocycles. The van der Waals surface area contributed by atoms with Crippen molar-refractivity contribution in [1.29, 1.82) is 0 Å². The minimum absolute atomic E-state index is 0.894. The molecule has 0 aromatic heterocycles. The minimum atomic E-state index is 0.894. The van der Waals surface area contributed by atoms with Crippen LogP contribution in [-0.2, 0) is 6.54 Å². The molecule has 0 fully saturated rings. The number of hydrogen-bond acceptors (Lipinski definition) is 1. The molecule has 0 aliphatic heterocycles. The maximum atomic E-state index is 3.16. The van der Waals surface area contributed by atoms with Crippen molar-refractivity contribution >= 4 is 22.9 Å². The molecule has 0 atom stereocenters. The second-order valence-corrected chi connectivity index (χ2v) is 4.10. The number of hydrogen-bond donors (Lipinski definition) is 1. The molecule has 0 bridgehead atoms. The molecule has 2 rings (SSSR count). The molecule has 0 radical (unpaired) electrons. The van der Waals surface area contributed by atoms with E-state index >= 15 is 0 Å². The van der Waals surface area contributed by atoms with Gasteiger partial charge < -0.3 is 0 Å². The number of nitrogens with one attached hydrogen (secondary N) is 1. The highest BCUT2D eigenvalue weighted by atomic mass is 127. The van der Waals surface area contributed by atoms with E-state index in [1.165, 1.54) is 16.7 Å². The highest BCUT2D eigenvalue weighted by Gasteiger charge is 2.02. The summed E-state index contributed by atoms with van der Waals surface area (Å²) in [6.45, 7) is 0.894. The Bertz CT molecular complexity index is 426. The molecule has 76 valence electrons. The van der Waals surface area contributed by atoms with Gasteiger partial charge in [0.2, 0.25) is 0 Å². The normalized spacial score (nSPS) is 10.2. The summed E-state index contributed by atoms with van der Waals surface area (Å²) in [4.78, 5) is 0. The Morgan fingerprint density at radius 2 is 1.53 bits per heavy atom. The predicted octanol–water partition coefficient (Wildman–Crippen LogP) is 3.79. The molecule has 0 heterocycles.